The van der Waals surface area contributed by atoms with E-state index in [9.17, 15) is 13.9 Å². The Morgan fingerprint density at radius 3 is 2.84 bits per heavy atom. The van der Waals surface area contributed by atoms with Gasteiger partial charge in [-0.2, -0.15) is 4.98 Å². The van der Waals surface area contributed by atoms with Crippen LogP contribution in [0, 0.1) is 11.6 Å². The molecule has 1 aliphatic rings. The van der Waals surface area contributed by atoms with E-state index in [2.05, 4.69) is 15.5 Å². The zero-order chi connectivity index (χ0) is 13.4. The first-order valence-corrected chi connectivity index (χ1v) is 5.84. The van der Waals surface area contributed by atoms with E-state index in [1.165, 1.54) is 6.07 Å². The quantitative estimate of drug-likeness (QED) is 0.860. The molecule has 0 aliphatic carbocycles. The largest absolute Gasteiger partial charge is 0.392 e. The SMILES string of the molecule is O[C@@H]1CN[C@H](c2nc(-c3ccc(F)c(F)c3)no2)C1. The van der Waals surface area contributed by atoms with Gasteiger partial charge < -0.3 is 14.9 Å². The summed E-state index contributed by atoms with van der Waals surface area (Å²) in [6.07, 6.45) is 0.0444. The molecular weight excluding hydrogens is 256 g/mol. The van der Waals surface area contributed by atoms with Crippen LogP contribution in [0.15, 0.2) is 22.7 Å². The lowest BCUT2D eigenvalue weighted by molar-refractivity contribution is 0.191. The smallest absolute Gasteiger partial charge is 0.244 e. The third-order valence-electron chi connectivity index (χ3n) is 3.03. The Morgan fingerprint density at radius 1 is 1.32 bits per heavy atom. The van der Waals surface area contributed by atoms with Gasteiger partial charge in [-0.05, 0) is 24.6 Å². The van der Waals surface area contributed by atoms with Gasteiger partial charge in [0.1, 0.15) is 0 Å². The number of aromatic nitrogens is 2. The Morgan fingerprint density at radius 2 is 2.16 bits per heavy atom. The summed E-state index contributed by atoms with van der Waals surface area (Å²) in [5.74, 6) is -1.36. The first-order chi connectivity index (χ1) is 9.13. The third kappa shape index (κ3) is 2.34. The van der Waals surface area contributed by atoms with Crippen molar-refractivity contribution in [2.75, 3.05) is 6.54 Å². The number of β-amino-alcohol motifs (C(OH)–C–C–N with tert-alkyl or cyclic N) is 1. The molecule has 0 amide bonds. The van der Waals surface area contributed by atoms with Gasteiger partial charge in [0, 0.05) is 12.1 Å². The van der Waals surface area contributed by atoms with Crippen LogP contribution in [0.4, 0.5) is 8.78 Å². The summed E-state index contributed by atoms with van der Waals surface area (Å²) < 4.78 is 31.0. The Balaban J connectivity index is 1.86. The zero-order valence-corrected chi connectivity index (χ0v) is 9.81. The maximum Gasteiger partial charge on any atom is 0.244 e. The molecule has 2 atom stereocenters. The lowest BCUT2D eigenvalue weighted by Crippen LogP contribution is -2.15. The Bertz CT molecular complexity index is 602. The van der Waals surface area contributed by atoms with Gasteiger partial charge >= 0.3 is 0 Å². The number of nitrogens with one attached hydrogen (secondary N) is 1. The Hall–Kier alpha value is -1.86. The molecule has 5 nitrogen and oxygen atoms in total. The minimum Gasteiger partial charge on any atom is -0.392 e. The molecule has 3 rings (SSSR count). The summed E-state index contributed by atoms with van der Waals surface area (Å²) >= 11 is 0. The molecule has 1 aliphatic heterocycles. The van der Waals surface area contributed by atoms with Gasteiger partial charge in [-0.3, -0.25) is 0 Å². The summed E-state index contributed by atoms with van der Waals surface area (Å²) in [5.41, 5.74) is 0.340. The number of rotatable bonds is 2. The van der Waals surface area contributed by atoms with Crippen molar-refractivity contribution in [3.63, 3.8) is 0 Å². The number of halogens is 2. The van der Waals surface area contributed by atoms with Crippen LogP contribution >= 0.6 is 0 Å². The minimum atomic E-state index is -0.960. The highest BCUT2D eigenvalue weighted by atomic mass is 19.2. The number of hydrogen-bond acceptors (Lipinski definition) is 5. The number of aliphatic hydroxyl groups is 1. The van der Waals surface area contributed by atoms with E-state index in [4.69, 9.17) is 4.52 Å². The third-order valence-corrected chi connectivity index (χ3v) is 3.03. The molecule has 100 valence electrons. The Kier molecular flexibility index (Phi) is 3.00. The fourth-order valence-corrected chi connectivity index (χ4v) is 2.03. The monoisotopic (exact) mass is 267 g/mol. The van der Waals surface area contributed by atoms with Crippen molar-refractivity contribution in [2.45, 2.75) is 18.6 Å². The predicted molar refractivity (Wildman–Crippen MR) is 61.0 cm³/mol. The van der Waals surface area contributed by atoms with Crippen molar-refractivity contribution in [3.05, 3.63) is 35.7 Å². The van der Waals surface area contributed by atoms with Crippen molar-refractivity contribution >= 4 is 0 Å². The molecular formula is C12H11F2N3O2. The van der Waals surface area contributed by atoms with Gasteiger partial charge in [0.25, 0.3) is 0 Å². The van der Waals surface area contributed by atoms with Gasteiger partial charge in [0.05, 0.1) is 12.1 Å². The molecule has 2 aromatic rings. The molecule has 2 N–H and O–H groups in total. The second kappa shape index (κ2) is 4.67. The average Bonchev–Trinajstić information content (AvgIpc) is 3.01. The van der Waals surface area contributed by atoms with Gasteiger partial charge in [-0.1, -0.05) is 5.16 Å². The van der Waals surface area contributed by atoms with Crippen LogP contribution in [0.2, 0.25) is 0 Å². The van der Waals surface area contributed by atoms with Crippen LogP contribution < -0.4 is 5.32 Å². The van der Waals surface area contributed by atoms with Crippen LogP contribution in [0.5, 0.6) is 0 Å². The van der Waals surface area contributed by atoms with Crippen molar-refractivity contribution in [3.8, 4) is 11.4 Å². The number of hydrogen-bond donors (Lipinski definition) is 2. The fraction of sp³-hybridized carbons (Fsp3) is 0.333. The highest BCUT2D eigenvalue weighted by Crippen LogP contribution is 2.25. The van der Waals surface area contributed by atoms with Crippen molar-refractivity contribution < 1.29 is 18.4 Å². The average molecular weight is 267 g/mol. The van der Waals surface area contributed by atoms with E-state index in [1.54, 1.807) is 0 Å². The normalized spacial score (nSPS) is 22.9. The van der Waals surface area contributed by atoms with Crippen molar-refractivity contribution in [2.24, 2.45) is 0 Å². The molecule has 7 heteroatoms. The van der Waals surface area contributed by atoms with Crippen LogP contribution in [0.3, 0.4) is 0 Å². The first kappa shape index (κ1) is 12.2. The molecule has 0 bridgehead atoms. The maximum absolute atomic E-state index is 13.1. The molecule has 0 unspecified atom stereocenters. The highest BCUT2D eigenvalue weighted by Gasteiger charge is 2.28. The molecule has 1 aromatic carbocycles. The summed E-state index contributed by atoms with van der Waals surface area (Å²) in [6.45, 7) is 0.466. The van der Waals surface area contributed by atoms with E-state index in [1.807, 2.05) is 0 Å². The molecule has 0 radical (unpaired) electrons. The first-order valence-electron chi connectivity index (χ1n) is 5.84. The highest BCUT2D eigenvalue weighted by molar-refractivity contribution is 5.54. The van der Waals surface area contributed by atoms with Crippen LogP contribution in [-0.4, -0.2) is 27.9 Å². The second-order valence-corrected chi connectivity index (χ2v) is 4.44. The zero-order valence-electron chi connectivity index (χ0n) is 9.81. The van der Waals surface area contributed by atoms with E-state index in [0.717, 1.165) is 12.1 Å². The Labute approximate surface area is 107 Å². The van der Waals surface area contributed by atoms with Crippen LogP contribution in [0.1, 0.15) is 18.4 Å². The number of benzene rings is 1. The summed E-state index contributed by atoms with van der Waals surface area (Å²) in [5, 5.41) is 16.2. The number of aliphatic hydroxyl groups excluding tert-OH is 1. The van der Waals surface area contributed by atoms with Crippen molar-refractivity contribution in [1.29, 1.82) is 0 Å². The van der Waals surface area contributed by atoms with E-state index >= 15 is 0 Å². The predicted octanol–water partition coefficient (Wildman–Crippen LogP) is 1.41. The summed E-state index contributed by atoms with van der Waals surface area (Å²) in [6, 6.07) is 3.20. The topological polar surface area (TPSA) is 71.2 Å². The molecule has 0 spiro atoms. The van der Waals surface area contributed by atoms with Gasteiger partial charge in [0.15, 0.2) is 11.6 Å². The van der Waals surface area contributed by atoms with Gasteiger partial charge in [-0.25, -0.2) is 8.78 Å². The molecule has 19 heavy (non-hydrogen) atoms. The lowest BCUT2D eigenvalue weighted by atomic mass is 10.2. The number of nitrogens with zero attached hydrogens (tertiary/aromatic N) is 2. The standard InChI is InChI=1S/C12H11F2N3O2/c13-8-2-1-6(3-9(8)14)11-16-12(19-17-11)10-4-7(18)5-15-10/h1-3,7,10,15,18H,4-5H2/t7-,10-/m0/s1. The van der Waals surface area contributed by atoms with E-state index in [0.29, 0.717) is 24.4 Å². The molecule has 2 heterocycles. The fourth-order valence-electron chi connectivity index (χ4n) is 2.03. The molecule has 1 saturated heterocycles. The van der Waals surface area contributed by atoms with Crippen LogP contribution in [-0.2, 0) is 0 Å². The minimum absolute atomic E-state index is 0.192. The van der Waals surface area contributed by atoms with E-state index < -0.39 is 17.7 Å². The summed E-state index contributed by atoms with van der Waals surface area (Å²) in [4.78, 5) is 4.13. The molecule has 0 saturated carbocycles. The second-order valence-electron chi connectivity index (χ2n) is 4.44. The van der Waals surface area contributed by atoms with Gasteiger partial charge in [-0.15, -0.1) is 0 Å². The van der Waals surface area contributed by atoms with Gasteiger partial charge in [0.2, 0.25) is 11.7 Å². The summed E-state index contributed by atoms with van der Waals surface area (Å²) in [7, 11) is 0. The maximum atomic E-state index is 13.1. The molecule has 1 fully saturated rings. The van der Waals surface area contributed by atoms with E-state index in [-0.39, 0.29) is 11.9 Å². The van der Waals surface area contributed by atoms with Crippen LogP contribution in [0.25, 0.3) is 11.4 Å². The molecule has 1 aromatic heterocycles. The van der Waals surface area contributed by atoms with Crippen molar-refractivity contribution in [1.82, 2.24) is 15.5 Å². The lowest BCUT2D eigenvalue weighted by Gasteiger charge is -2.01.